The minimum absolute atomic E-state index is 0.00431. The van der Waals surface area contributed by atoms with Crippen molar-refractivity contribution < 1.29 is 24.3 Å². The lowest BCUT2D eigenvalue weighted by Gasteiger charge is -2.22. The van der Waals surface area contributed by atoms with E-state index in [1.54, 1.807) is 0 Å². The van der Waals surface area contributed by atoms with Crippen LogP contribution in [0, 0.1) is 15.9 Å². The highest BCUT2D eigenvalue weighted by Crippen LogP contribution is 2.34. The normalized spacial score (nSPS) is 22.5. The van der Waals surface area contributed by atoms with Crippen LogP contribution in [0.1, 0.15) is 6.42 Å². The number of aliphatic hydroxyl groups excluding tert-OH is 1. The van der Waals surface area contributed by atoms with Crippen LogP contribution in [0.2, 0.25) is 0 Å². The number of aliphatic carboxylic acids is 1. The van der Waals surface area contributed by atoms with Crippen molar-refractivity contribution in [1.29, 1.82) is 0 Å². The Morgan fingerprint density at radius 2 is 2.21 bits per heavy atom. The summed E-state index contributed by atoms with van der Waals surface area (Å²) in [5.74, 6) is -1.96. The fourth-order valence-corrected chi connectivity index (χ4v) is 2.20. The van der Waals surface area contributed by atoms with Gasteiger partial charge in [-0.05, 0) is 12.1 Å². The molecule has 19 heavy (non-hydrogen) atoms. The summed E-state index contributed by atoms with van der Waals surface area (Å²) in [6, 6.07) is 1.85. The molecule has 1 aromatic carbocycles. The summed E-state index contributed by atoms with van der Waals surface area (Å²) in [6.07, 6.45) is -0.908. The van der Waals surface area contributed by atoms with Crippen LogP contribution in [0.3, 0.4) is 0 Å². The maximum Gasteiger partial charge on any atom is 0.326 e. The van der Waals surface area contributed by atoms with Crippen molar-refractivity contribution in [3.05, 3.63) is 34.1 Å². The monoisotopic (exact) mass is 270 g/mol. The van der Waals surface area contributed by atoms with E-state index < -0.39 is 34.5 Å². The second kappa shape index (κ2) is 4.81. The summed E-state index contributed by atoms with van der Waals surface area (Å²) >= 11 is 0. The summed E-state index contributed by atoms with van der Waals surface area (Å²) in [4.78, 5) is 22.4. The van der Waals surface area contributed by atoms with Crippen LogP contribution in [0.5, 0.6) is 0 Å². The highest BCUT2D eigenvalue weighted by Gasteiger charge is 2.38. The number of carboxylic acids is 1. The Balaban J connectivity index is 2.46. The summed E-state index contributed by atoms with van der Waals surface area (Å²) in [6.45, 7) is -0.0383. The molecule has 0 amide bonds. The fourth-order valence-electron chi connectivity index (χ4n) is 2.20. The number of halogens is 1. The molecule has 0 radical (unpaired) electrons. The zero-order valence-electron chi connectivity index (χ0n) is 9.69. The number of β-amino-alcohol motifs (C(OH)–C–C–N with tert-alkyl or cyclic N) is 1. The van der Waals surface area contributed by atoms with Gasteiger partial charge in [0, 0.05) is 13.0 Å². The van der Waals surface area contributed by atoms with Gasteiger partial charge in [-0.3, -0.25) is 10.1 Å². The van der Waals surface area contributed by atoms with Crippen LogP contribution in [0.4, 0.5) is 15.8 Å². The fraction of sp³-hybridized carbons (Fsp3) is 0.364. The first-order chi connectivity index (χ1) is 8.90. The molecule has 2 N–H and O–H groups in total. The number of nitro benzene ring substituents is 1. The van der Waals surface area contributed by atoms with Crippen LogP contribution in [0.25, 0.3) is 0 Å². The largest absolute Gasteiger partial charge is 0.480 e. The van der Waals surface area contributed by atoms with Crippen LogP contribution in [-0.4, -0.2) is 39.8 Å². The van der Waals surface area contributed by atoms with Crippen molar-refractivity contribution in [2.75, 3.05) is 11.4 Å². The first-order valence-corrected chi connectivity index (χ1v) is 5.51. The van der Waals surface area contributed by atoms with Crippen molar-refractivity contribution in [3.8, 4) is 0 Å². The molecule has 1 aliphatic rings. The third-order valence-corrected chi connectivity index (χ3v) is 3.01. The highest BCUT2D eigenvalue weighted by atomic mass is 19.1. The third kappa shape index (κ3) is 2.48. The van der Waals surface area contributed by atoms with Gasteiger partial charge in [0.2, 0.25) is 0 Å². The number of carbonyl (C=O) groups is 1. The summed E-state index contributed by atoms with van der Waals surface area (Å²) in [5, 5.41) is 29.5. The van der Waals surface area contributed by atoms with E-state index in [2.05, 4.69) is 0 Å². The number of nitro groups is 1. The van der Waals surface area contributed by atoms with E-state index in [4.69, 9.17) is 5.11 Å². The summed E-state index contributed by atoms with van der Waals surface area (Å²) in [7, 11) is 0. The quantitative estimate of drug-likeness (QED) is 0.620. The van der Waals surface area contributed by atoms with E-state index in [-0.39, 0.29) is 18.7 Å². The molecular weight excluding hydrogens is 259 g/mol. The second-order valence-electron chi connectivity index (χ2n) is 4.29. The Bertz CT molecular complexity index is 536. The molecule has 2 unspecified atom stereocenters. The van der Waals surface area contributed by atoms with E-state index in [1.165, 1.54) is 4.90 Å². The predicted molar refractivity (Wildman–Crippen MR) is 62.4 cm³/mol. The summed E-state index contributed by atoms with van der Waals surface area (Å²) < 4.78 is 13.0. The molecule has 0 saturated carbocycles. The van der Waals surface area contributed by atoms with Gasteiger partial charge in [0.1, 0.15) is 17.5 Å². The van der Waals surface area contributed by atoms with E-state index >= 15 is 0 Å². The molecule has 0 spiro atoms. The molecule has 2 rings (SSSR count). The lowest BCUT2D eigenvalue weighted by Crippen LogP contribution is -2.36. The SMILES string of the molecule is O=C(O)C1CC(O)CN1c1ccc(F)cc1[N+](=O)[O-]. The number of carboxylic acid groups (broad SMARTS) is 1. The second-order valence-corrected chi connectivity index (χ2v) is 4.29. The van der Waals surface area contributed by atoms with Gasteiger partial charge in [-0.15, -0.1) is 0 Å². The van der Waals surface area contributed by atoms with Gasteiger partial charge in [0.25, 0.3) is 5.69 Å². The lowest BCUT2D eigenvalue weighted by atomic mass is 10.2. The van der Waals surface area contributed by atoms with E-state index in [0.717, 1.165) is 18.2 Å². The standard InChI is InChI=1S/C11H11FN2O5/c12-6-1-2-8(9(3-6)14(18)19)13-5-7(15)4-10(13)11(16)17/h1-3,7,10,15H,4-5H2,(H,16,17). The zero-order valence-corrected chi connectivity index (χ0v) is 9.69. The van der Waals surface area contributed by atoms with Crippen LogP contribution in [0.15, 0.2) is 18.2 Å². The molecule has 8 heteroatoms. The van der Waals surface area contributed by atoms with Crippen molar-refractivity contribution in [2.24, 2.45) is 0 Å². The van der Waals surface area contributed by atoms with Gasteiger partial charge in [0.05, 0.1) is 17.1 Å². The lowest BCUT2D eigenvalue weighted by molar-refractivity contribution is -0.384. The smallest absolute Gasteiger partial charge is 0.326 e. The van der Waals surface area contributed by atoms with E-state index in [0.29, 0.717) is 0 Å². The van der Waals surface area contributed by atoms with Crippen LogP contribution < -0.4 is 4.90 Å². The molecule has 0 aliphatic carbocycles. The number of nitrogens with zero attached hydrogens (tertiary/aromatic N) is 2. The van der Waals surface area contributed by atoms with Gasteiger partial charge in [0.15, 0.2) is 0 Å². The van der Waals surface area contributed by atoms with Crippen molar-refractivity contribution in [2.45, 2.75) is 18.6 Å². The number of benzene rings is 1. The summed E-state index contributed by atoms with van der Waals surface area (Å²) in [5.41, 5.74) is -0.518. The number of hydrogen-bond acceptors (Lipinski definition) is 5. The minimum Gasteiger partial charge on any atom is -0.480 e. The first-order valence-electron chi connectivity index (χ1n) is 5.51. The molecule has 1 aliphatic heterocycles. The van der Waals surface area contributed by atoms with Crippen LogP contribution in [-0.2, 0) is 4.79 Å². The molecule has 102 valence electrons. The number of aliphatic hydroxyl groups is 1. The molecule has 7 nitrogen and oxygen atoms in total. The zero-order chi connectivity index (χ0) is 14.2. The molecule has 1 aromatic rings. The molecule has 1 saturated heterocycles. The number of anilines is 1. The maximum atomic E-state index is 13.0. The minimum atomic E-state index is -1.19. The van der Waals surface area contributed by atoms with Gasteiger partial charge < -0.3 is 15.1 Å². The number of rotatable bonds is 3. The average Bonchev–Trinajstić information content (AvgIpc) is 2.71. The van der Waals surface area contributed by atoms with Crippen molar-refractivity contribution in [1.82, 2.24) is 0 Å². The Labute approximate surface area is 107 Å². The molecular formula is C11H11FN2O5. The highest BCUT2D eigenvalue weighted by molar-refractivity contribution is 5.81. The Morgan fingerprint density at radius 3 is 2.79 bits per heavy atom. The maximum absolute atomic E-state index is 13.0. The molecule has 0 aromatic heterocycles. The third-order valence-electron chi connectivity index (χ3n) is 3.01. The van der Waals surface area contributed by atoms with Gasteiger partial charge in [-0.2, -0.15) is 0 Å². The van der Waals surface area contributed by atoms with E-state index in [1.807, 2.05) is 0 Å². The Kier molecular flexibility index (Phi) is 3.34. The number of hydrogen-bond donors (Lipinski definition) is 2. The van der Waals surface area contributed by atoms with Gasteiger partial charge in [-0.25, -0.2) is 9.18 Å². The molecule has 1 heterocycles. The molecule has 0 bridgehead atoms. The van der Waals surface area contributed by atoms with Gasteiger partial charge >= 0.3 is 5.97 Å². The van der Waals surface area contributed by atoms with Gasteiger partial charge in [-0.1, -0.05) is 0 Å². The van der Waals surface area contributed by atoms with Crippen molar-refractivity contribution >= 4 is 17.3 Å². The molecule has 2 atom stereocenters. The average molecular weight is 270 g/mol. The Hall–Kier alpha value is -2.22. The topological polar surface area (TPSA) is 104 Å². The van der Waals surface area contributed by atoms with Crippen molar-refractivity contribution in [3.63, 3.8) is 0 Å². The first kappa shape index (κ1) is 13.2. The molecule has 1 fully saturated rings. The predicted octanol–water partition coefficient (Wildman–Crippen LogP) is 0.758. The van der Waals surface area contributed by atoms with E-state index in [9.17, 15) is 24.4 Å². The van der Waals surface area contributed by atoms with Crippen LogP contribution >= 0.6 is 0 Å². The Morgan fingerprint density at radius 1 is 1.53 bits per heavy atom.